The Morgan fingerprint density at radius 1 is 1.29 bits per heavy atom. The molecule has 0 radical (unpaired) electrons. The molecular formula is C17H27FN2O. The number of benzene rings is 1. The van der Waals surface area contributed by atoms with Crippen LogP contribution in [0.2, 0.25) is 0 Å². The second-order valence-electron chi connectivity index (χ2n) is 5.69. The SMILES string of the molecule is CCCCC[C@@H](c1ccc(OC)c(F)c1)N1CCNCC1. The zero-order valence-corrected chi connectivity index (χ0v) is 13.2. The van der Waals surface area contributed by atoms with Crippen molar-refractivity contribution in [3.63, 3.8) is 0 Å². The summed E-state index contributed by atoms with van der Waals surface area (Å²) in [7, 11) is 1.51. The van der Waals surface area contributed by atoms with Gasteiger partial charge in [-0.15, -0.1) is 0 Å². The first kappa shape index (κ1) is 16.2. The molecule has 1 fully saturated rings. The molecule has 0 bridgehead atoms. The van der Waals surface area contributed by atoms with Crippen LogP contribution in [-0.2, 0) is 0 Å². The number of ether oxygens (including phenoxy) is 1. The predicted octanol–water partition coefficient (Wildman–Crippen LogP) is 3.36. The van der Waals surface area contributed by atoms with Gasteiger partial charge in [-0.25, -0.2) is 4.39 Å². The topological polar surface area (TPSA) is 24.5 Å². The lowest BCUT2D eigenvalue weighted by molar-refractivity contribution is 0.162. The Morgan fingerprint density at radius 3 is 2.67 bits per heavy atom. The smallest absolute Gasteiger partial charge is 0.165 e. The van der Waals surface area contributed by atoms with Gasteiger partial charge in [0.25, 0.3) is 0 Å². The number of nitrogens with zero attached hydrogens (tertiary/aromatic N) is 1. The number of hydrogen-bond donors (Lipinski definition) is 1. The third-order valence-electron chi connectivity index (χ3n) is 4.23. The van der Waals surface area contributed by atoms with Gasteiger partial charge < -0.3 is 10.1 Å². The van der Waals surface area contributed by atoms with Crippen LogP contribution >= 0.6 is 0 Å². The molecule has 1 aromatic rings. The zero-order chi connectivity index (χ0) is 15.1. The zero-order valence-electron chi connectivity index (χ0n) is 13.2. The van der Waals surface area contributed by atoms with Gasteiger partial charge in [0.05, 0.1) is 7.11 Å². The standard InChI is InChI=1S/C17H27FN2O/c1-3-4-5-6-16(20-11-9-19-10-12-20)14-7-8-17(21-2)15(18)13-14/h7-8,13,16,19H,3-6,9-12H2,1-2H3/t16-/m0/s1. The Kier molecular flexibility index (Phi) is 6.46. The van der Waals surface area contributed by atoms with Gasteiger partial charge in [0.15, 0.2) is 11.6 Å². The molecule has 21 heavy (non-hydrogen) atoms. The first-order valence-electron chi connectivity index (χ1n) is 8.04. The Balaban J connectivity index is 2.14. The van der Waals surface area contributed by atoms with Gasteiger partial charge in [-0.2, -0.15) is 0 Å². The van der Waals surface area contributed by atoms with E-state index in [4.69, 9.17) is 4.74 Å². The van der Waals surface area contributed by atoms with Gasteiger partial charge in [0.1, 0.15) is 0 Å². The molecule has 1 saturated heterocycles. The highest BCUT2D eigenvalue weighted by Crippen LogP contribution is 2.30. The molecule has 0 aliphatic carbocycles. The normalized spacial score (nSPS) is 17.7. The van der Waals surface area contributed by atoms with E-state index in [1.165, 1.54) is 26.4 Å². The van der Waals surface area contributed by atoms with Crippen molar-refractivity contribution in [3.05, 3.63) is 29.6 Å². The number of piperazine rings is 1. The maximum Gasteiger partial charge on any atom is 0.165 e. The summed E-state index contributed by atoms with van der Waals surface area (Å²) in [6.07, 6.45) is 4.74. The van der Waals surface area contributed by atoms with Gasteiger partial charge in [-0.05, 0) is 24.1 Å². The molecule has 0 unspecified atom stereocenters. The van der Waals surface area contributed by atoms with E-state index in [9.17, 15) is 4.39 Å². The lowest BCUT2D eigenvalue weighted by Crippen LogP contribution is -2.45. The molecule has 1 aliphatic rings. The van der Waals surface area contributed by atoms with E-state index in [1.807, 2.05) is 6.07 Å². The van der Waals surface area contributed by atoms with E-state index >= 15 is 0 Å². The minimum Gasteiger partial charge on any atom is -0.494 e. The van der Waals surface area contributed by atoms with Crippen LogP contribution in [0.1, 0.15) is 44.2 Å². The second kappa shape index (κ2) is 8.35. The monoisotopic (exact) mass is 294 g/mol. The van der Waals surface area contributed by atoms with Crippen molar-refractivity contribution in [2.24, 2.45) is 0 Å². The third kappa shape index (κ3) is 4.42. The summed E-state index contributed by atoms with van der Waals surface area (Å²) in [5, 5.41) is 3.38. The summed E-state index contributed by atoms with van der Waals surface area (Å²) in [5.41, 5.74) is 1.08. The van der Waals surface area contributed by atoms with Gasteiger partial charge in [0.2, 0.25) is 0 Å². The number of unbranched alkanes of at least 4 members (excludes halogenated alkanes) is 2. The van der Waals surface area contributed by atoms with Crippen molar-refractivity contribution < 1.29 is 9.13 Å². The maximum atomic E-state index is 14.0. The molecule has 1 aromatic carbocycles. The fourth-order valence-electron chi connectivity index (χ4n) is 3.03. The summed E-state index contributed by atoms with van der Waals surface area (Å²) in [6.45, 7) is 6.31. The van der Waals surface area contributed by atoms with Crippen molar-refractivity contribution in [1.29, 1.82) is 0 Å². The van der Waals surface area contributed by atoms with Gasteiger partial charge >= 0.3 is 0 Å². The Morgan fingerprint density at radius 2 is 2.05 bits per heavy atom. The van der Waals surface area contributed by atoms with Crippen LogP contribution in [0.15, 0.2) is 18.2 Å². The molecule has 0 aromatic heterocycles. The van der Waals surface area contributed by atoms with Crippen molar-refractivity contribution >= 4 is 0 Å². The van der Waals surface area contributed by atoms with Crippen LogP contribution in [-0.4, -0.2) is 38.2 Å². The highest BCUT2D eigenvalue weighted by Gasteiger charge is 2.22. The molecule has 1 aliphatic heterocycles. The number of rotatable bonds is 7. The summed E-state index contributed by atoms with van der Waals surface area (Å²) in [4.78, 5) is 2.48. The first-order chi connectivity index (χ1) is 10.3. The Hall–Kier alpha value is -1.13. The number of methoxy groups -OCH3 is 1. The number of halogens is 1. The summed E-state index contributed by atoms with van der Waals surface area (Å²) in [6, 6.07) is 5.73. The van der Waals surface area contributed by atoms with E-state index < -0.39 is 0 Å². The molecule has 1 atom stereocenters. The highest BCUT2D eigenvalue weighted by atomic mass is 19.1. The molecule has 0 amide bonds. The average molecular weight is 294 g/mol. The molecule has 0 saturated carbocycles. The van der Waals surface area contributed by atoms with Gasteiger partial charge in [0, 0.05) is 32.2 Å². The van der Waals surface area contributed by atoms with Crippen molar-refractivity contribution in [2.45, 2.75) is 38.6 Å². The van der Waals surface area contributed by atoms with Crippen LogP contribution in [0, 0.1) is 5.82 Å². The fraction of sp³-hybridized carbons (Fsp3) is 0.647. The average Bonchev–Trinajstić information content (AvgIpc) is 2.52. The Labute approximate surface area is 127 Å². The van der Waals surface area contributed by atoms with Crippen LogP contribution < -0.4 is 10.1 Å². The first-order valence-corrected chi connectivity index (χ1v) is 8.04. The van der Waals surface area contributed by atoms with E-state index in [0.717, 1.165) is 38.2 Å². The molecule has 0 spiro atoms. The van der Waals surface area contributed by atoms with E-state index in [-0.39, 0.29) is 5.82 Å². The van der Waals surface area contributed by atoms with Gasteiger partial charge in [-0.3, -0.25) is 4.90 Å². The minimum absolute atomic E-state index is 0.259. The van der Waals surface area contributed by atoms with Crippen molar-refractivity contribution in [3.8, 4) is 5.75 Å². The van der Waals surface area contributed by atoms with E-state index in [0.29, 0.717) is 11.8 Å². The highest BCUT2D eigenvalue weighted by molar-refractivity contribution is 5.31. The van der Waals surface area contributed by atoms with E-state index in [2.05, 4.69) is 17.1 Å². The van der Waals surface area contributed by atoms with Crippen molar-refractivity contribution in [2.75, 3.05) is 33.3 Å². The number of hydrogen-bond acceptors (Lipinski definition) is 3. The molecule has 1 heterocycles. The van der Waals surface area contributed by atoms with Crippen LogP contribution in [0.4, 0.5) is 4.39 Å². The molecule has 4 heteroatoms. The lowest BCUT2D eigenvalue weighted by Gasteiger charge is -2.35. The third-order valence-corrected chi connectivity index (χ3v) is 4.23. The number of nitrogens with one attached hydrogen (secondary N) is 1. The summed E-state index contributed by atoms with van der Waals surface area (Å²) in [5.74, 6) is 0.0667. The summed E-state index contributed by atoms with van der Waals surface area (Å²) < 4.78 is 19.0. The van der Waals surface area contributed by atoms with Gasteiger partial charge in [-0.1, -0.05) is 32.3 Å². The predicted molar refractivity (Wildman–Crippen MR) is 84.3 cm³/mol. The largest absolute Gasteiger partial charge is 0.494 e. The lowest BCUT2D eigenvalue weighted by atomic mass is 9.98. The molecule has 1 N–H and O–H groups in total. The van der Waals surface area contributed by atoms with Crippen molar-refractivity contribution in [1.82, 2.24) is 10.2 Å². The molecule has 2 rings (SSSR count). The van der Waals surface area contributed by atoms with E-state index in [1.54, 1.807) is 12.1 Å². The summed E-state index contributed by atoms with van der Waals surface area (Å²) >= 11 is 0. The minimum atomic E-state index is -0.259. The van der Waals surface area contributed by atoms with Crippen LogP contribution in [0.3, 0.4) is 0 Å². The maximum absolute atomic E-state index is 14.0. The fourth-order valence-corrected chi connectivity index (χ4v) is 3.03. The quantitative estimate of drug-likeness (QED) is 0.780. The second-order valence-corrected chi connectivity index (χ2v) is 5.69. The molecule has 118 valence electrons. The molecule has 3 nitrogen and oxygen atoms in total. The Bertz CT molecular complexity index is 433. The van der Waals surface area contributed by atoms with Crippen LogP contribution in [0.5, 0.6) is 5.75 Å². The van der Waals surface area contributed by atoms with Crippen LogP contribution in [0.25, 0.3) is 0 Å². The molecular weight excluding hydrogens is 267 g/mol.